The predicted molar refractivity (Wildman–Crippen MR) is 75.9 cm³/mol. The Morgan fingerprint density at radius 3 is 3.06 bits per heavy atom. The van der Waals surface area contributed by atoms with Gasteiger partial charge in [-0.1, -0.05) is 18.5 Å². The van der Waals surface area contributed by atoms with Gasteiger partial charge in [-0.25, -0.2) is 0 Å². The second-order valence-corrected chi connectivity index (χ2v) is 6.13. The first kappa shape index (κ1) is 13.3. The van der Waals surface area contributed by atoms with Crippen molar-refractivity contribution in [2.45, 2.75) is 38.8 Å². The second-order valence-electron chi connectivity index (χ2n) is 4.70. The van der Waals surface area contributed by atoms with E-state index in [2.05, 4.69) is 23.2 Å². The molecule has 0 aliphatic carbocycles. The van der Waals surface area contributed by atoms with Crippen molar-refractivity contribution < 1.29 is 0 Å². The lowest BCUT2D eigenvalue weighted by Crippen LogP contribution is -2.45. The Bertz CT molecular complexity index is 334. The fourth-order valence-electron chi connectivity index (χ4n) is 2.46. The van der Waals surface area contributed by atoms with Gasteiger partial charge >= 0.3 is 0 Å². The average Bonchev–Trinajstić information content (AvgIpc) is 2.75. The number of hydrogen-bond acceptors (Lipinski definition) is 3. The molecule has 1 fully saturated rings. The summed E-state index contributed by atoms with van der Waals surface area (Å²) in [7, 11) is 0. The molecule has 0 aromatic carbocycles. The maximum atomic E-state index is 5.99. The minimum absolute atomic E-state index is 0.699. The minimum Gasteiger partial charge on any atom is -0.315 e. The van der Waals surface area contributed by atoms with E-state index in [0.717, 1.165) is 18.1 Å². The molecule has 1 unspecified atom stereocenters. The molecule has 1 saturated heterocycles. The molecule has 17 heavy (non-hydrogen) atoms. The van der Waals surface area contributed by atoms with Gasteiger partial charge in [-0.15, -0.1) is 11.3 Å². The standard InChI is InChI=1S/C13H21ClN2S/c1-2-6-16(12-4-3-5-15-8-12)9-13-7-11(14)10-17-13/h7,10,12,15H,2-6,8-9H2,1H3. The van der Waals surface area contributed by atoms with Gasteiger partial charge < -0.3 is 5.32 Å². The number of thiophene rings is 1. The van der Waals surface area contributed by atoms with Crippen molar-refractivity contribution in [3.8, 4) is 0 Å². The largest absolute Gasteiger partial charge is 0.315 e. The van der Waals surface area contributed by atoms with E-state index in [9.17, 15) is 0 Å². The van der Waals surface area contributed by atoms with Gasteiger partial charge in [-0.05, 0) is 38.4 Å². The molecular weight excluding hydrogens is 252 g/mol. The van der Waals surface area contributed by atoms with Crippen LogP contribution in [0.15, 0.2) is 11.4 Å². The van der Waals surface area contributed by atoms with E-state index in [1.165, 1.54) is 37.2 Å². The summed E-state index contributed by atoms with van der Waals surface area (Å²) < 4.78 is 0. The number of nitrogens with zero attached hydrogens (tertiary/aromatic N) is 1. The fourth-order valence-corrected chi connectivity index (χ4v) is 3.56. The highest BCUT2D eigenvalue weighted by molar-refractivity contribution is 7.10. The van der Waals surface area contributed by atoms with Crippen molar-refractivity contribution in [1.82, 2.24) is 10.2 Å². The zero-order valence-corrected chi connectivity index (χ0v) is 12.0. The highest BCUT2D eigenvalue weighted by Gasteiger charge is 2.20. The van der Waals surface area contributed by atoms with Crippen LogP contribution in [-0.2, 0) is 6.54 Å². The van der Waals surface area contributed by atoms with Crippen LogP contribution in [0.5, 0.6) is 0 Å². The molecule has 1 aromatic rings. The number of rotatable bonds is 5. The highest BCUT2D eigenvalue weighted by Crippen LogP contribution is 2.22. The first-order chi connectivity index (χ1) is 8.29. The van der Waals surface area contributed by atoms with Gasteiger partial charge in [0.2, 0.25) is 0 Å². The monoisotopic (exact) mass is 272 g/mol. The first-order valence-corrected chi connectivity index (χ1v) is 7.73. The Labute approximate surface area is 113 Å². The summed E-state index contributed by atoms with van der Waals surface area (Å²) in [6, 6.07) is 2.80. The molecule has 0 radical (unpaired) electrons. The van der Waals surface area contributed by atoms with Crippen LogP contribution in [0.25, 0.3) is 0 Å². The molecule has 1 aliphatic heterocycles. The lowest BCUT2D eigenvalue weighted by atomic mass is 10.1. The molecule has 1 aliphatic rings. The summed E-state index contributed by atoms with van der Waals surface area (Å²) in [5, 5.41) is 6.41. The van der Waals surface area contributed by atoms with Crippen LogP contribution in [0.4, 0.5) is 0 Å². The number of piperidine rings is 1. The van der Waals surface area contributed by atoms with E-state index in [-0.39, 0.29) is 0 Å². The van der Waals surface area contributed by atoms with Gasteiger partial charge in [0.15, 0.2) is 0 Å². The number of nitrogens with one attached hydrogen (secondary N) is 1. The van der Waals surface area contributed by atoms with Gasteiger partial charge in [0.25, 0.3) is 0 Å². The molecule has 0 amide bonds. The smallest absolute Gasteiger partial charge is 0.0516 e. The maximum absolute atomic E-state index is 5.99. The highest BCUT2D eigenvalue weighted by atomic mass is 35.5. The Morgan fingerprint density at radius 2 is 2.47 bits per heavy atom. The van der Waals surface area contributed by atoms with Gasteiger partial charge in [0, 0.05) is 29.4 Å². The third-order valence-electron chi connectivity index (χ3n) is 3.28. The van der Waals surface area contributed by atoms with Crippen LogP contribution in [0.1, 0.15) is 31.1 Å². The number of halogens is 1. The molecule has 0 saturated carbocycles. The van der Waals surface area contributed by atoms with Crippen LogP contribution >= 0.6 is 22.9 Å². The van der Waals surface area contributed by atoms with Crippen molar-refractivity contribution >= 4 is 22.9 Å². The Morgan fingerprint density at radius 1 is 1.59 bits per heavy atom. The van der Waals surface area contributed by atoms with E-state index >= 15 is 0 Å². The topological polar surface area (TPSA) is 15.3 Å². The normalized spacial score (nSPS) is 21.0. The Hall–Kier alpha value is -0.0900. The van der Waals surface area contributed by atoms with Crippen molar-refractivity contribution in [2.75, 3.05) is 19.6 Å². The molecule has 0 spiro atoms. The first-order valence-electron chi connectivity index (χ1n) is 6.47. The van der Waals surface area contributed by atoms with E-state index in [1.807, 2.05) is 5.38 Å². The molecule has 96 valence electrons. The molecule has 0 bridgehead atoms. The molecule has 2 rings (SSSR count). The lowest BCUT2D eigenvalue weighted by Gasteiger charge is -2.34. The molecule has 2 nitrogen and oxygen atoms in total. The third kappa shape index (κ3) is 3.95. The minimum atomic E-state index is 0.699. The lowest BCUT2D eigenvalue weighted by molar-refractivity contribution is 0.159. The number of hydrogen-bond donors (Lipinski definition) is 1. The summed E-state index contributed by atoms with van der Waals surface area (Å²) in [6.07, 6.45) is 3.85. The molecule has 4 heteroatoms. The van der Waals surface area contributed by atoms with E-state index < -0.39 is 0 Å². The molecule has 2 heterocycles. The van der Waals surface area contributed by atoms with E-state index in [4.69, 9.17) is 11.6 Å². The van der Waals surface area contributed by atoms with Gasteiger partial charge in [0.1, 0.15) is 0 Å². The molecular formula is C13H21ClN2S. The SMILES string of the molecule is CCCN(Cc1cc(Cl)cs1)C1CCCNC1. The van der Waals surface area contributed by atoms with Crippen molar-refractivity contribution in [1.29, 1.82) is 0 Å². The van der Waals surface area contributed by atoms with Gasteiger partial charge in [-0.3, -0.25) is 4.90 Å². The Balaban J connectivity index is 1.95. The third-order valence-corrected chi connectivity index (χ3v) is 4.55. The van der Waals surface area contributed by atoms with Crippen LogP contribution in [0, 0.1) is 0 Å². The summed E-state index contributed by atoms with van der Waals surface area (Å²) >= 11 is 7.76. The van der Waals surface area contributed by atoms with Crippen LogP contribution < -0.4 is 5.32 Å². The summed E-state index contributed by atoms with van der Waals surface area (Å²) in [6.45, 7) is 6.81. The summed E-state index contributed by atoms with van der Waals surface area (Å²) in [5.41, 5.74) is 0. The van der Waals surface area contributed by atoms with Crippen molar-refractivity contribution in [3.63, 3.8) is 0 Å². The van der Waals surface area contributed by atoms with Crippen LogP contribution in [-0.4, -0.2) is 30.6 Å². The zero-order chi connectivity index (χ0) is 12.1. The zero-order valence-electron chi connectivity index (χ0n) is 10.4. The quantitative estimate of drug-likeness (QED) is 0.884. The molecule has 1 aromatic heterocycles. The van der Waals surface area contributed by atoms with Crippen LogP contribution in [0.3, 0.4) is 0 Å². The second kappa shape index (κ2) is 6.74. The Kier molecular flexibility index (Phi) is 5.29. The van der Waals surface area contributed by atoms with Crippen molar-refractivity contribution in [2.24, 2.45) is 0 Å². The fraction of sp³-hybridized carbons (Fsp3) is 0.692. The van der Waals surface area contributed by atoms with E-state index in [1.54, 1.807) is 11.3 Å². The summed E-state index contributed by atoms with van der Waals surface area (Å²) in [4.78, 5) is 3.99. The van der Waals surface area contributed by atoms with Gasteiger partial charge in [-0.2, -0.15) is 0 Å². The molecule has 1 N–H and O–H groups in total. The predicted octanol–water partition coefficient (Wildman–Crippen LogP) is 3.37. The maximum Gasteiger partial charge on any atom is 0.0516 e. The van der Waals surface area contributed by atoms with E-state index in [0.29, 0.717) is 6.04 Å². The van der Waals surface area contributed by atoms with Gasteiger partial charge in [0.05, 0.1) is 5.02 Å². The van der Waals surface area contributed by atoms with Crippen LogP contribution in [0.2, 0.25) is 5.02 Å². The summed E-state index contributed by atoms with van der Waals surface area (Å²) in [5.74, 6) is 0. The average molecular weight is 273 g/mol. The molecule has 1 atom stereocenters. The van der Waals surface area contributed by atoms with Crippen molar-refractivity contribution in [3.05, 3.63) is 21.3 Å².